The van der Waals surface area contributed by atoms with Gasteiger partial charge in [0, 0.05) is 24.9 Å². The van der Waals surface area contributed by atoms with Crippen molar-refractivity contribution in [2.75, 3.05) is 39.9 Å². The van der Waals surface area contributed by atoms with Gasteiger partial charge in [-0.2, -0.15) is 0 Å². The fraction of sp³-hybridized carbons (Fsp3) is 0.562. The molecule has 2 aromatic carbocycles. The average Bonchev–Trinajstić information content (AvgIpc) is 3.49. The molecule has 7 nitrogen and oxygen atoms in total. The second-order valence-corrected chi connectivity index (χ2v) is 10.7. The molecule has 2 N–H and O–H groups in total. The summed E-state index contributed by atoms with van der Waals surface area (Å²) in [6.45, 7) is 7.92. The second kappa shape index (κ2) is 16.4. The summed E-state index contributed by atoms with van der Waals surface area (Å²) in [4.78, 5) is 27.4. The Morgan fingerprint density at radius 1 is 0.974 bits per heavy atom. The van der Waals surface area contributed by atoms with Gasteiger partial charge in [-0.25, -0.2) is 0 Å². The van der Waals surface area contributed by atoms with E-state index in [2.05, 4.69) is 24.1 Å². The lowest BCUT2D eigenvalue weighted by Gasteiger charge is -2.29. The highest BCUT2D eigenvalue weighted by Crippen LogP contribution is 2.23. The maximum atomic E-state index is 12.7. The van der Waals surface area contributed by atoms with Crippen molar-refractivity contribution in [3.05, 3.63) is 59.7 Å². The maximum absolute atomic E-state index is 12.7. The number of Topliss-reactive ketones (excluding diaryl/α,β-unsaturated/α-hetero) is 2. The minimum Gasteiger partial charge on any atom is -0.497 e. The molecule has 3 rings (SSSR count). The third-order valence-corrected chi connectivity index (χ3v) is 7.57. The molecule has 0 bridgehead atoms. The van der Waals surface area contributed by atoms with Crippen molar-refractivity contribution in [2.24, 2.45) is 5.92 Å². The van der Waals surface area contributed by atoms with Crippen molar-refractivity contribution in [3.8, 4) is 11.5 Å². The first kappa shape index (κ1) is 30.8. The van der Waals surface area contributed by atoms with Gasteiger partial charge in [-0.1, -0.05) is 32.4 Å². The maximum Gasteiger partial charge on any atom is 0.162 e. The van der Waals surface area contributed by atoms with E-state index in [4.69, 9.17) is 9.47 Å². The van der Waals surface area contributed by atoms with Gasteiger partial charge in [-0.15, -0.1) is 0 Å². The number of rotatable bonds is 18. The monoisotopic (exact) mass is 538 g/mol. The first-order chi connectivity index (χ1) is 18.9. The summed E-state index contributed by atoms with van der Waals surface area (Å²) in [7, 11) is 1.60. The summed E-state index contributed by atoms with van der Waals surface area (Å²) in [5.41, 5.74) is 1.48. The Morgan fingerprint density at radius 2 is 1.62 bits per heavy atom. The molecular weight excluding hydrogens is 492 g/mol. The summed E-state index contributed by atoms with van der Waals surface area (Å²) in [6, 6.07) is 14.5. The van der Waals surface area contributed by atoms with E-state index in [1.807, 2.05) is 24.3 Å². The van der Waals surface area contributed by atoms with Crippen LogP contribution in [0.3, 0.4) is 0 Å². The third kappa shape index (κ3) is 10.4. The lowest BCUT2D eigenvalue weighted by molar-refractivity contribution is -0.118. The Labute approximate surface area is 233 Å². The molecule has 2 aromatic rings. The largest absolute Gasteiger partial charge is 0.497 e. The zero-order chi connectivity index (χ0) is 28.0. The van der Waals surface area contributed by atoms with Crippen LogP contribution in [0.25, 0.3) is 0 Å². The molecule has 0 amide bonds. The van der Waals surface area contributed by atoms with Gasteiger partial charge < -0.3 is 24.8 Å². The summed E-state index contributed by atoms with van der Waals surface area (Å²) in [5.74, 6) is 2.19. The number of aliphatic hydroxyl groups is 1. The van der Waals surface area contributed by atoms with Crippen LogP contribution in [0.15, 0.2) is 48.5 Å². The van der Waals surface area contributed by atoms with Crippen LogP contribution >= 0.6 is 0 Å². The molecule has 1 unspecified atom stereocenters. The zero-order valence-electron chi connectivity index (χ0n) is 23.9. The van der Waals surface area contributed by atoms with Gasteiger partial charge in [-0.3, -0.25) is 9.59 Å². The summed E-state index contributed by atoms with van der Waals surface area (Å²) < 4.78 is 11.0. The van der Waals surface area contributed by atoms with E-state index in [1.165, 1.54) is 12.8 Å². The number of benzene rings is 2. The SMILES string of the molecule is CCC(C)COc1ccc([C@@H](O)[C@@H](CN2CCCC2)NCC(=O)CCCCC(=O)c2ccc(OC)cc2)cc1. The van der Waals surface area contributed by atoms with E-state index in [1.54, 1.807) is 31.4 Å². The Morgan fingerprint density at radius 3 is 2.26 bits per heavy atom. The molecule has 1 saturated heterocycles. The molecular formula is C32H46N2O5. The van der Waals surface area contributed by atoms with Crippen molar-refractivity contribution in [3.63, 3.8) is 0 Å². The van der Waals surface area contributed by atoms with Crippen LogP contribution in [-0.2, 0) is 4.79 Å². The highest BCUT2D eigenvalue weighted by molar-refractivity contribution is 5.96. The number of ether oxygens (including phenoxy) is 2. The predicted octanol–water partition coefficient (Wildman–Crippen LogP) is 5.22. The van der Waals surface area contributed by atoms with Crippen LogP contribution in [0.2, 0.25) is 0 Å². The van der Waals surface area contributed by atoms with Gasteiger partial charge in [0.1, 0.15) is 17.3 Å². The summed E-state index contributed by atoms with van der Waals surface area (Å²) in [6.07, 6.45) is 4.84. The Hall–Kier alpha value is -2.74. The van der Waals surface area contributed by atoms with E-state index in [0.717, 1.165) is 36.6 Å². The smallest absolute Gasteiger partial charge is 0.162 e. The van der Waals surface area contributed by atoms with E-state index in [9.17, 15) is 14.7 Å². The predicted molar refractivity (Wildman–Crippen MR) is 155 cm³/mol. The highest BCUT2D eigenvalue weighted by atomic mass is 16.5. The number of ketones is 2. The molecule has 3 atom stereocenters. The van der Waals surface area contributed by atoms with Gasteiger partial charge in [0.05, 0.1) is 32.4 Å². The molecule has 0 aliphatic carbocycles. The van der Waals surface area contributed by atoms with E-state index < -0.39 is 6.10 Å². The lowest BCUT2D eigenvalue weighted by atomic mass is 10.0. The summed E-state index contributed by atoms with van der Waals surface area (Å²) >= 11 is 0. The van der Waals surface area contributed by atoms with E-state index >= 15 is 0 Å². The van der Waals surface area contributed by atoms with Crippen LogP contribution < -0.4 is 14.8 Å². The minimum absolute atomic E-state index is 0.0771. The van der Waals surface area contributed by atoms with Crippen molar-refractivity contribution in [1.82, 2.24) is 10.2 Å². The first-order valence-corrected chi connectivity index (χ1v) is 14.4. The Bertz CT molecular complexity index is 1000. The number of methoxy groups -OCH3 is 1. The molecule has 39 heavy (non-hydrogen) atoms. The number of hydrogen-bond donors (Lipinski definition) is 2. The molecule has 1 aliphatic rings. The van der Waals surface area contributed by atoms with Gasteiger partial charge in [-0.05, 0) is 86.7 Å². The van der Waals surface area contributed by atoms with E-state index in [0.29, 0.717) is 50.3 Å². The molecule has 7 heteroatoms. The Kier molecular flexibility index (Phi) is 12.9. The van der Waals surface area contributed by atoms with Crippen LogP contribution in [0.4, 0.5) is 0 Å². The number of unbranched alkanes of at least 4 members (excludes halogenated alkanes) is 1. The molecule has 0 spiro atoms. The zero-order valence-corrected chi connectivity index (χ0v) is 23.9. The fourth-order valence-electron chi connectivity index (χ4n) is 4.73. The first-order valence-electron chi connectivity index (χ1n) is 14.4. The number of nitrogens with zero attached hydrogens (tertiary/aromatic N) is 1. The number of carbonyl (C=O) groups excluding carboxylic acids is 2. The topological polar surface area (TPSA) is 88.1 Å². The normalized spacial score (nSPS) is 16.0. The summed E-state index contributed by atoms with van der Waals surface area (Å²) in [5, 5.41) is 14.6. The number of carbonyl (C=O) groups is 2. The molecule has 214 valence electrons. The number of aliphatic hydroxyl groups excluding tert-OH is 1. The van der Waals surface area contributed by atoms with Crippen molar-refractivity contribution < 1.29 is 24.2 Å². The molecule has 0 aromatic heterocycles. The van der Waals surface area contributed by atoms with Crippen molar-refractivity contribution in [2.45, 2.75) is 70.9 Å². The molecule has 0 saturated carbocycles. The number of hydrogen-bond acceptors (Lipinski definition) is 7. The third-order valence-electron chi connectivity index (χ3n) is 7.57. The van der Waals surface area contributed by atoms with Crippen molar-refractivity contribution in [1.29, 1.82) is 0 Å². The lowest BCUT2D eigenvalue weighted by Crippen LogP contribution is -2.45. The quantitative estimate of drug-likeness (QED) is 0.199. The highest BCUT2D eigenvalue weighted by Gasteiger charge is 2.25. The van der Waals surface area contributed by atoms with Crippen LogP contribution in [0.5, 0.6) is 11.5 Å². The standard InChI is InChI=1S/C32H46N2O5/c1-4-24(2)23-39-29-17-13-26(14-18-29)32(37)30(22-34-19-7-8-20-34)33-21-27(35)9-5-6-10-31(36)25-11-15-28(38-3)16-12-25/h11-18,24,30,32-33,37H,4-10,19-23H2,1-3H3/t24?,30-,32-/m1/s1. The molecule has 1 aliphatic heterocycles. The van der Waals surface area contributed by atoms with Crippen LogP contribution in [0, 0.1) is 5.92 Å². The average molecular weight is 539 g/mol. The molecule has 0 radical (unpaired) electrons. The second-order valence-electron chi connectivity index (χ2n) is 10.7. The van der Waals surface area contributed by atoms with Gasteiger partial charge in [0.15, 0.2) is 5.78 Å². The fourth-order valence-corrected chi connectivity index (χ4v) is 4.73. The van der Waals surface area contributed by atoms with Crippen molar-refractivity contribution >= 4 is 11.6 Å². The van der Waals surface area contributed by atoms with Crippen LogP contribution in [0.1, 0.15) is 80.8 Å². The van der Waals surface area contributed by atoms with Gasteiger partial charge >= 0.3 is 0 Å². The van der Waals surface area contributed by atoms with Gasteiger partial charge in [0.2, 0.25) is 0 Å². The number of nitrogens with one attached hydrogen (secondary N) is 1. The van der Waals surface area contributed by atoms with E-state index in [-0.39, 0.29) is 24.2 Å². The number of likely N-dealkylation sites (tertiary alicyclic amines) is 1. The Balaban J connectivity index is 1.46. The molecule has 1 heterocycles. The van der Waals surface area contributed by atoms with Crippen LogP contribution in [-0.4, -0.2) is 67.5 Å². The van der Waals surface area contributed by atoms with Gasteiger partial charge in [0.25, 0.3) is 0 Å². The minimum atomic E-state index is -0.732. The molecule has 1 fully saturated rings.